The molecule has 1 aliphatic rings. The monoisotopic (exact) mass is 458 g/mol. The normalized spacial score (nSPS) is 15.1. The van der Waals surface area contributed by atoms with Gasteiger partial charge in [-0.15, -0.1) is 11.3 Å². The Bertz CT molecular complexity index is 1200. The summed E-state index contributed by atoms with van der Waals surface area (Å²) in [5, 5.41) is 1.80. The summed E-state index contributed by atoms with van der Waals surface area (Å²) >= 11 is 1.31. The molecule has 0 bridgehead atoms. The van der Waals surface area contributed by atoms with Crippen molar-refractivity contribution < 1.29 is 22.4 Å². The Balaban J connectivity index is 1.49. The number of halogens is 1. The molecule has 6 nitrogen and oxygen atoms in total. The maximum absolute atomic E-state index is 13.1. The largest absolute Gasteiger partial charge is 0.336 e. The number of carbonyl (C=O) groups excluding carboxylic acids is 2. The number of hydrogen-bond donors (Lipinski definition) is 0. The molecule has 1 fully saturated rings. The van der Waals surface area contributed by atoms with E-state index in [2.05, 4.69) is 0 Å². The number of amides is 1. The number of rotatable bonds is 5. The summed E-state index contributed by atoms with van der Waals surface area (Å²) in [6.45, 7) is 0.626. The Kier molecular flexibility index (Phi) is 5.99. The van der Waals surface area contributed by atoms with Crippen LogP contribution in [-0.4, -0.2) is 55.5 Å². The van der Waals surface area contributed by atoms with Gasteiger partial charge in [-0.1, -0.05) is 24.3 Å². The minimum atomic E-state index is -3.77. The van der Waals surface area contributed by atoms with Gasteiger partial charge in [-0.2, -0.15) is 4.31 Å². The van der Waals surface area contributed by atoms with Crippen LogP contribution in [0.2, 0.25) is 0 Å². The van der Waals surface area contributed by atoms with Crippen LogP contribution in [0.4, 0.5) is 4.39 Å². The van der Waals surface area contributed by atoms with Gasteiger partial charge in [0.25, 0.3) is 5.91 Å². The van der Waals surface area contributed by atoms with Gasteiger partial charge in [-0.05, 0) is 41.8 Å². The molecule has 1 aromatic heterocycles. The molecule has 0 unspecified atom stereocenters. The molecule has 0 N–H and O–H groups in total. The zero-order valence-electron chi connectivity index (χ0n) is 16.4. The predicted molar refractivity (Wildman–Crippen MR) is 115 cm³/mol. The van der Waals surface area contributed by atoms with E-state index >= 15 is 0 Å². The van der Waals surface area contributed by atoms with Crippen molar-refractivity contribution in [3.05, 3.63) is 87.9 Å². The highest BCUT2D eigenvalue weighted by molar-refractivity contribution is 7.89. The molecule has 1 amide bonds. The summed E-state index contributed by atoms with van der Waals surface area (Å²) < 4.78 is 40.0. The van der Waals surface area contributed by atoms with Crippen LogP contribution < -0.4 is 0 Å². The lowest BCUT2D eigenvalue weighted by molar-refractivity contribution is 0.0694. The van der Waals surface area contributed by atoms with Crippen LogP contribution in [0.3, 0.4) is 0 Å². The van der Waals surface area contributed by atoms with Gasteiger partial charge in [0, 0.05) is 31.7 Å². The first-order chi connectivity index (χ1) is 14.9. The fourth-order valence-corrected chi connectivity index (χ4v) is 5.57. The van der Waals surface area contributed by atoms with Crippen molar-refractivity contribution in [1.29, 1.82) is 0 Å². The SMILES string of the molecule is O=C(c1cccs1)c1ccccc1C(=O)N1CCN(S(=O)(=O)c2ccc(F)cc2)CC1. The Morgan fingerprint density at radius 1 is 0.839 bits per heavy atom. The zero-order valence-corrected chi connectivity index (χ0v) is 18.0. The molecule has 9 heteroatoms. The molecule has 0 aliphatic carbocycles. The standard InChI is InChI=1S/C22H19FN2O4S2/c23-16-7-9-17(10-8-16)31(28,29)25-13-11-24(12-14-25)22(27)19-5-2-1-4-18(19)21(26)20-6-3-15-30-20/h1-10,15H,11-14H2. The number of carbonyl (C=O) groups is 2. The van der Waals surface area contributed by atoms with Crippen LogP contribution in [0.25, 0.3) is 0 Å². The number of piperazine rings is 1. The van der Waals surface area contributed by atoms with E-state index in [1.54, 1.807) is 46.7 Å². The summed E-state index contributed by atoms with van der Waals surface area (Å²) in [6, 6.07) is 14.8. The molecule has 2 aromatic carbocycles. The van der Waals surface area contributed by atoms with Crippen molar-refractivity contribution in [3.63, 3.8) is 0 Å². The molecule has 3 aromatic rings. The molecule has 4 rings (SSSR count). The average molecular weight is 459 g/mol. The molecule has 2 heterocycles. The van der Waals surface area contributed by atoms with Crippen LogP contribution in [0, 0.1) is 5.82 Å². The molecule has 0 radical (unpaired) electrons. The highest BCUT2D eigenvalue weighted by atomic mass is 32.2. The first-order valence-electron chi connectivity index (χ1n) is 9.60. The van der Waals surface area contributed by atoms with Gasteiger partial charge in [0.15, 0.2) is 0 Å². The van der Waals surface area contributed by atoms with E-state index < -0.39 is 15.8 Å². The van der Waals surface area contributed by atoms with Crippen molar-refractivity contribution in [3.8, 4) is 0 Å². The lowest BCUT2D eigenvalue weighted by atomic mass is 10.0. The van der Waals surface area contributed by atoms with E-state index in [1.165, 1.54) is 27.8 Å². The van der Waals surface area contributed by atoms with E-state index in [1.807, 2.05) is 0 Å². The fraction of sp³-hybridized carbons (Fsp3) is 0.182. The van der Waals surface area contributed by atoms with Gasteiger partial charge in [0.05, 0.1) is 15.3 Å². The fourth-order valence-electron chi connectivity index (χ4n) is 3.47. The molecular formula is C22H19FN2O4S2. The number of sulfonamides is 1. The van der Waals surface area contributed by atoms with E-state index in [0.717, 1.165) is 12.1 Å². The molecule has 0 saturated carbocycles. The number of ketones is 1. The summed E-state index contributed by atoms with van der Waals surface area (Å²) in [6.07, 6.45) is 0. The van der Waals surface area contributed by atoms with E-state index in [0.29, 0.717) is 16.0 Å². The Morgan fingerprint density at radius 2 is 1.48 bits per heavy atom. The minimum Gasteiger partial charge on any atom is -0.336 e. The highest BCUT2D eigenvalue weighted by Gasteiger charge is 2.31. The van der Waals surface area contributed by atoms with Crippen molar-refractivity contribution in [2.45, 2.75) is 4.90 Å². The van der Waals surface area contributed by atoms with Crippen LogP contribution in [0.1, 0.15) is 25.6 Å². The third kappa shape index (κ3) is 4.30. The predicted octanol–water partition coefficient (Wildman–Crippen LogP) is 3.26. The lowest BCUT2D eigenvalue weighted by Gasteiger charge is -2.34. The second kappa shape index (κ2) is 8.70. The first-order valence-corrected chi connectivity index (χ1v) is 11.9. The van der Waals surface area contributed by atoms with Crippen molar-refractivity contribution >= 4 is 33.1 Å². The Hall–Kier alpha value is -2.88. The maximum atomic E-state index is 13.1. The van der Waals surface area contributed by atoms with Gasteiger partial charge >= 0.3 is 0 Å². The Morgan fingerprint density at radius 3 is 2.10 bits per heavy atom. The third-order valence-electron chi connectivity index (χ3n) is 5.12. The van der Waals surface area contributed by atoms with Crippen LogP contribution in [0.5, 0.6) is 0 Å². The number of hydrogen-bond acceptors (Lipinski definition) is 5. The van der Waals surface area contributed by atoms with Gasteiger partial charge in [0.2, 0.25) is 15.8 Å². The lowest BCUT2D eigenvalue weighted by Crippen LogP contribution is -2.50. The number of benzene rings is 2. The molecule has 31 heavy (non-hydrogen) atoms. The summed E-state index contributed by atoms with van der Waals surface area (Å²) in [7, 11) is -3.77. The van der Waals surface area contributed by atoms with Crippen molar-refractivity contribution in [2.24, 2.45) is 0 Å². The molecule has 160 valence electrons. The van der Waals surface area contributed by atoms with Gasteiger partial charge in [0.1, 0.15) is 5.82 Å². The van der Waals surface area contributed by atoms with Crippen LogP contribution in [0.15, 0.2) is 70.9 Å². The summed E-state index contributed by atoms with van der Waals surface area (Å²) in [4.78, 5) is 28.0. The maximum Gasteiger partial charge on any atom is 0.254 e. The molecule has 1 aliphatic heterocycles. The molecule has 1 saturated heterocycles. The average Bonchev–Trinajstić information content (AvgIpc) is 3.33. The van der Waals surface area contributed by atoms with Gasteiger partial charge in [-0.3, -0.25) is 9.59 Å². The Labute approximate surface area is 183 Å². The minimum absolute atomic E-state index is 0.0144. The van der Waals surface area contributed by atoms with Crippen molar-refractivity contribution in [1.82, 2.24) is 9.21 Å². The second-order valence-corrected chi connectivity index (χ2v) is 9.89. The smallest absolute Gasteiger partial charge is 0.254 e. The molecule has 0 atom stereocenters. The van der Waals surface area contributed by atoms with Gasteiger partial charge < -0.3 is 4.90 Å². The van der Waals surface area contributed by atoms with E-state index in [-0.39, 0.29) is 42.8 Å². The third-order valence-corrected chi connectivity index (χ3v) is 7.91. The second-order valence-electron chi connectivity index (χ2n) is 7.00. The van der Waals surface area contributed by atoms with E-state index in [9.17, 15) is 22.4 Å². The quantitative estimate of drug-likeness (QED) is 0.550. The van der Waals surface area contributed by atoms with E-state index in [4.69, 9.17) is 0 Å². The molecule has 0 spiro atoms. The zero-order chi connectivity index (χ0) is 22.0. The van der Waals surface area contributed by atoms with Crippen LogP contribution in [-0.2, 0) is 10.0 Å². The number of nitrogens with zero attached hydrogens (tertiary/aromatic N) is 2. The topological polar surface area (TPSA) is 74.8 Å². The van der Waals surface area contributed by atoms with Crippen LogP contribution >= 0.6 is 11.3 Å². The molecular weight excluding hydrogens is 439 g/mol. The highest BCUT2D eigenvalue weighted by Crippen LogP contribution is 2.22. The summed E-state index contributed by atoms with van der Waals surface area (Å²) in [5.41, 5.74) is 0.632. The van der Waals surface area contributed by atoms with Gasteiger partial charge in [-0.25, -0.2) is 12.8 Å². The first kappa shape index (κ1) is 21.4. The number of thiophene rings is 1. The summed E-state index contributed by atoms with van der Waals surface area (Å²) in [5.74, 6) is -1.03. The van der Waals surface area contributed by atoms with Crippen molar-refractivity contribution in [2.75, 3.05) is 26.2 Å².